The Labute approximate surface area is 166 Å². The van der Waals surface area contributed by atoms with Crippen molar-refractivity contribution >= 4 is 11.9 Å². The number of hydrogen-bond donors (Lipinski definition) is 2. The molecule has 0 bridgehead atoms. The molecule has 2 aromatic rings. The van der Waals surface area contributed by atoms with Crippen LogP contribution in [-0.2, 0) is 17.9 Å². The number of nitrogens with one attached hydrogen (secondary N) is 2. The molecule has 0 aliphatic carbocycles. The topological polar surface area (TPSA) is 74.6 Å². The first-order chi connectivity index (χ1) is 13.7. The number of carbonyl (C=O) groups excluding carboxylic acids is 1. The predicted molar refractivity (Wildman–Crippen MR) is 111 cm³/mol. The van der Waals surface area contributed by atoms with Crippen molar-refractivity contribution in [2.24, 2.45) is 4.99 Å². The van der Waals surface area contributed by atoms with Crippen LogP contribution in [0.3, 0.4) is 0 Å². The number of rotatable bonds is 9. The van der Waals surface area contributed by atoms with Gasteiger partial charge < -0.3 is 15.5 Å². The van der Waals surface area contributed by atoms with Crippen molar-refractivity contribution in [1.29, 1.82) is 0 Å². The van der Waals surface area contributed by atoms with Gasteiger partial charge in [0.2, 0.25) is 5.91 Å². The highest BCUT2D eigenvalue weighted by Crippen LogP contribution is 2.09. The molecule has 1 fully saturated rings. The summed E-state index contributed by atoms with van der Waals surface area (Å²) in [5.74, 6) is 1.08. The van der Waals surface area contributed by atoms with Crippen molar-refractivity contribution < 1.29 is 4.79 Å². The third-order valence-corrected chi connectivity index (χ3v) is 4.71. The van der Waals surface area contributed by atoms with Gasteiger partial charge in [0.25, 0.3) is 0 Å². The van der Waals surface area contributed by atoms with E-state index in [2.05, 4.69) is 39.8 Å². The largest absolute Gasteiger partial charge is 0.357 e. The second kappa shape index (κ2) is 10.5. The van der Waals surface area contributed by atoms with E-state index in [4.69, 9.17) is 0 Å². The summed E-state index contributed by atoms with van der Waals surface area (Å²) in [5.41, 5.74) is 2.31. The molecule has 1 aromatic carbocycles. The van der Waals surface area contributed by atoms with E-state index in [0.717, 1.165) is 57.1 Å². The summed E-state index contributed by atoms with van der Waals surface area (Å²) in [6.07, 6.45) is 6.53. The second-order valence-electron chi connectivity index (χ2n) is 6.99. The minimum atomic E-state index is 0.285. The first kappa shape index (κ1) is 19.9. The van der Waals surface area contributed by atoms with Crippen molar-refractivity contribution in [3.8, 4) is 0 Å². The molecule has 0 unspecified atom stereocenters. The van der Waals surface area contributed by atoms with E-state index in [0.29, 0.717) is 13.0 Å². The van der Waals surface area contributed by atoms with E-state index in [1.807, 2.05) is 40.2 Å². The number of hydrogen-bond acceptors (Lipinski definition) is 3. The molecular formula is C21H30N6O. The number of carbonyl (C=O) groups is 1. The van der Waals surface area contributed by atoms with Gasteiger partial charge in [0.15, 0.2) is 5.96 Å². The molecule has 0 spiro atoms. The first-order valence-electron chi connectivity index (χ1n) is 10.1. The SMILES string of the molecule is CCNC(=NCc1cnn(Cc2ccccc2)c1)NCCCN1CCCC1=O. The maximum atomic E-state index is 11.6. The molecule has 2 N–H and O–H groups in total. The number of guanidine groups is 1. The molecule has 150 valence electrons. The Kier molecular flexibility index (Phi) is 7.46. The summed E-state index contributed by atoms with van der Waals surface area (Å²) in [6.45, 7) is 6.72. The predicted octanol–water partition coefficient (Wildman–Crippen LogP) is 2.00. The fraction of sp³-hybridized carbons (Fsp3) is 0.476. The molecule has 28 heavy (non-hydrogen) atoms. The lowest BCUT2D eigenvalue weighted by atomic mass is 10.2. The Hall–Kier alpha value is -2.83. The van der Waals surface area contributed by atoms with Crippen LogP contribution in [0.5, 0.6) is 0 Å². The quantitative estimate of drug-likeness (QED) is 0.395. The van der Waals surface area contributed by atoms with Gasteiger partial charge in [-0.05, 0) is 25.3 Å². The Morgan fingerprint density at radius 2 is 2.07 bits per heavy atom. The van der Waals surface area contributed by atoms with E-state index >= 15 is 0 Å². The normalized spacial score (nSPS) is 14.5. The van der Waals surface area contributed by atoms with Gasteiger partial charge in [0.05, 0.1) is 19.3 Å². The van der Waals surface area contributed by atoms with Crippen molar-refractivity contribution in [3.63, 3.8) is 0 Å². The third kappa shape index (κ3) is 6.11. The van der Waals surface area contributed by atoms with Crippen LogP contribution in [0.4, 0.5) is 0 Å². The van der Waals surface area contributed by atoms with E-state index in [1.54, 1.807) is 0 Å². The lowest BCUT2D eigenvalue weighted by Gasteiger charge is -2.16. The monoisotopic (exact) mass is 382 g/mol. The fourth-order valence-corrected chi connectivity index (χ4v) is 3.27. The van der Waals surface area contributed by atoms with Crippen molar-refractivity contribution in [3.05, 3.63) is 53.9 Å². The van der Waals surface area contributed by atoms with Crippen LogP contribution in [0.15, 0.2) is 47.7 Å². The number of likely N-dealkylation sites (tertiary alicyclic amines) is 1. The molecule has 1 aliphatic heterocycles. The molecule has 1 saturated heterocycles. The minimum absolute atomic E-state index is 0.285. The highest BCUT2D eigenvalue weighted by atomic mass is 16.2. The van der Waals surface area contributed by atoms with Gasteiger partial charge in [-0.3, -0.25) is 9.48 Å². The van der Waals surface area contributed by atoms with E-state index in [9.17, 15) is 4.79 Å². The van der Waals surface area contributed by atoms with Gasteiger partial charge in [-0.1, -0.05) is 30.3 Å². The van der Waals surface area contributed by atoms with E-state index in [-0.39, 0.29) is 5.91 Å². The number of aliphatic imine (C=N–C) groups is 1. The van der Waals surface area contributed by atoms with Crippen LogP contribution in [0.1, 0.15) is 37.3 Å². The van der Waals surface area contributed by atoms with Gasteiger partial charge in [-0.25, -0.2) is 4.99 Å². The third-order valence-electron chi connectivity index (χ3n) is 4.71. The van der Waals surface area contributed by atoms with Gasteiger partial charge in [-0.2, -0.15) is 5.10 Å². The number of aromatic nitrogens is 2. The molecule has 1 aliphatic rings. The highest BCUT2D eigenvalue weighted by Gasteiger charge is 2.18. The van der Waals surface area contributed by atoms with Gasteiger partial charge in [-0.15, -0.1) is 0 Å². The second-order valence-corrected chi connectivity index (χ2v) is 6.99. The zero-order valence-corrected chi connectivity index (χ0v) is 16.6. The van der Waals surface area contributed by atoms with Crippen molar-refractivity contribution in [2.45, 2.75) is 39.3 Å². The van der Waals surface area contributed by atoms with E-state index < -0.39 is 0 Å². The Balaban J connectivity index is 1.45. The standard InChI is InChI=1S/C21H30N6O/c1-2-22-21(23-11-7-13-26-12-6-10-20(26)28)24-14-19-15-25-27(17-19)16-18-8-4-3-5-9-18/h3-5,8-9,15,17H,2,6-7,10-14,16H2,1H3,(H2,22,23,24). The minimum Gasteiger partial charge on any atom is -0.357 e. The van der Waals surface area contributed by atoms with Gasteiger partial charge >= 0.3 is 0 Å². The van der Waals surface area contributed by atoms with Crippen LogP contribution < -0.4 is 10.6 Å². The molecule has 1 aromatic heterocycles. The molecule has 7 nitrogen and oxygen atoms in total. The molecule has 0 radical (unpaired) electrons. The summed E-state index contributed by atoms with van der Waals surface area (Å²) < 4.78 is 1.94. The summed E-state index contributed by atoms with van der Waals surface area (Å²) in [6, 6.07) is 10.3. The lowest BCUT2D eigenvalue weighted by molar-refractivity contribution is -0.127. The molecule has 7 heteroatoms. The first-order valence-corrected chi connectivity index (χ1v) is 10.1. The molecule has 2 heterocycles. The molecule has 0 atom stereocenters. The Bertz CT molecular complexity index is 770. The average molecular weight is 383 g/mol. The lowest BCUT2D eigenvalue weighted by Crippen LogP contribution is -2.39. The maximum Gasteiger partial charge on any atom is 0.222 e. The summed E-state index contributed by atoms with van der Waals surface area (Å²) in [7, 11) is 0. The van der Waals surface area contributed by atoms with Crippen LogP contribution in [0.2, 0.25) is 0 Å². The summed E-state index contributed by atoms with van der Waals surface area (Å²) >= 11 is 0. The zero-order chi connectivity index (χ0) is 19.6. The van der Waals surface area contributed by atoms with Crippen molar-refractivity contribution in [1.82, 2.24) is 25.3 Å². The fourth-order valence-electron chi connectivity index (χ4n) is 3.27. The molecular weight excluding hydrogens is 352 g/mol. The van der Waals surface area contributed by atoms with Gasteiger partial charge in [0, 0.05) is 44.4 Å². The van der Waals surface area contributed by atoms with Crippen LogP contribution in [-0.4, -0.2) is 52.7 Å². The smallest absolute Gasteiger partial charge is 0.222 e. The highest BCUT2D eigenvalue weighted by molar-refractivity contribution is 5.79. The number of nitrogens with zero attached hydrogens (tertiary/aromatic N) is 4. The number of benzene rings is 1. The molecule has 0 saturated carbocycles. The maximum absolute atomic E-state index is 11.6. The molecule has 1 amide bonds. The zero-order valence-electron chi connectivity index (χ0n) is 16.6. The summed E-state index contributed by atoms with van der Waals surface area (Å²) in [4.78, 5) is 18.2. The molecule has 3 rings (SSSR count). The van der Waals surface area contributed by atoms with Crippen LogP contribution in [0.25, 0.3) is 0 Å². The average Bonchev–Trinajstić information content (AvgIpc) is 3.32. The Morgan fingerprint density at radius 3 is 2.82 bits per heavy atom. The van der Waals surface area contributed by atoms with E-state index in [1.165, 1.54) is 5.56 Å². The Morgan fingerprint density at radius 1 is 1.21 bits per heavy atom. The number of amides is 1. The summed E-state index contributed by atoms with van der Waals surface area (Å²) in [5, 5.41) is 11.0. The van der Waals surface area contributed by atoms with Crippen LogP contribution >= 0.6 is 0 Å². The van der Waals surface area contributed by atoms with Crippen molar-refractivity contribution in [2.75, 3.05) is 26.2 Å². The van der Waals surface area contributed by atoms with Crippen LogP contribution in [0, 0.1) is 0 Å². The van der Waals surface area contributed by atoms with Gasteiger partial charge in [0.1, 0.15) is 0 Å².